The van der Waals surface area contributed by atoms with Crippen molar-refractivity contribution in [3.63, 3.8) is 0 Å². The first-order valence-corrected chi connectivity index (χ1v) is 6.82. The summed E-state index contributed by atoms with van der Waals surface area (Å²) in [7, 11) is 1.43. The molecule has 0 saturated carbocycles. The lowest BCUT2D eigenvalue weighted by Gasteiger charge is -2.15. The molecule has 0 radical (unpaired) electrons. The minimum absolute atomic E-state index is 0.0293. The first kappa shape index (κ1) is 15.6. The average Bonchev–Trinajstić information content (AvgIpc) is 3.07. The van der Waals surface area contributed by atoms with E-state index in [4.69, 9.17) is 10.5 Å². The van der Waals surface area contributed by atoms with Crippen LogP contribution in [-0.4, -0.2) is 72.9 Å². The number of hydrogen-bond donors (Lipinski definition) is 5. The van der Waals surface area contributed by atoms with Crippen molar-refractivity contribution in [2.24, 2.45) is 0 Å². The number of hydrogen-bond acceptors (Lipinski definition) is 9. The fraction of sp³-hybridized carbons (Fsp3) is 0.500. The van der Waals surface area contributed by atoms with Gasteiger partial charge >= 0.3 is 0 Å². The molecule has 23 heavy (non-hydrogen) atoms. The third-order valence-corrected chi connectivity index (χ3v) is 3.72. The summed E-state index contributed by atoms with van der Waals surface area (Å²) in [6.45, 7) is -0.479. The normalized spacial score (nSPS) is 27.5. The maximum absolute atomic E-state index is 12.0. The highest BCUT2D eigenvalue weighted by Gasteiger charge is 2.45. The molecule has 11 nitrogen and oxygen atoms in total. The fourth-order valence-corrected chi connectivity index (χ4v) is 2.53. The third kappa shape index (κ3) is 2.30. The number of ether oxygens (including phenoxy) is 1. The van der Waals surface area contributed by atoms with Gasteiger partial charge in [0.1, 0.15) is 30.5 Å². The summed E-state index contributed by atoms with van der Waals surface area (Å²) in [4.78, 5) is 19.8. The Balaban J connectivity index is 2.16. The van der Waals surface area contributed by atoms with E-state index >= 15 is 0 Å². The van der Waals surface area contributed by atoms with Crippen molar-refractivity contribution in [1.82, 2.24) is 25.1 Å². The first-order valence-electron chi connectivity index (χ1n) is 6.82. The van der Waals surface area contributed by atoms with Crippen molar-refractivity contribution in [3.8, 4) is 0 Å². The summed E-state index contributed by atoms with van der Waals surface area (Å²) in [6, 6.07) is 0. The summed E-state index contributed by atoms with van der Waals surface area (Å²) >= 11 is 0. The molecule has 0 spiro atoms. The Kier molecular flexibility index (Phi) is 3.85. The Bertz CT molecular complexity index is 749. The lowest BCUT2D eigenvalue weighted by Crippen LogP contribution is -2.33. The van der Waals surface area contributed by atoms with Crippen LogP contribution in [0.1, 0.15) is 16.7 Å². The molecule has 1 fully saturated rings. The Morgan fingerprint density at radius 2 is 2.17 bits per heavy atom. The molecular formula is C12H16N6O5. The van der Waals surface area contributed by atoms with Crippen molar-refractivity contribution in [3.05, 3.63) is 12.0 Å². The minimum atomic E-state index is -1.36. The van der Waals surface area contributed by atoms with Gasteiger partial charge in [0.05, 0.1) is 12.0 Å². The van der Waals surface area contributed by atoms with E-state index in [0.29, 0.717) is 0 Å². The van der Waals surface area contributed by atoms with E-state index in [0.717, 1.165) is 4.68 Å². The summed E-state index contributed by atoms with van der Waals surface area (Å²) in [5.41, 5.74) is 5.94. The van der Waals surface area contributed by atoms with Gasteiger partial charge in [-0.3, -0.25) is 4.79 Å². The maximum atomic E-state index is 12.0. The Hall–Kier alpha value is -2.34. The van der Waals surface area contributed by atoms with Gasteiger partial charge in [-0.25, -0.2) is 14.6 Å². The number of aliphatic hydroxyl groups excluding tert-OH is 3. The number of nitrogen functional groups attached to an aromatic ring is 1. The Morgan fingerprint density at radius 1 is 1.43 bits per heavy atom. The topological polar surface area (TPSA) is 169 Å². The molecule has 2 aromatic rings. The van der Waals surface area contributed by atoms with Crippen molar-refractivity contribution < 1.29 is 24.9 Å². The molecule has 4 atom stereocenters. The van der Waals surface area contributed by atoms with Crippen LogP contribution in [0.25, 0.3) is 11.0 Å². The molecule has 1 saturated heterocycles. The zero-order chi connectivity index (χ0) is 16.7. The molecule has 0 unspecified atom stereocenters. The van der Waals surface area contributed by atoms with E-state index in [1.54, 1.807) is 0 Å². The zero-order valence-corrected chi connectivity index (χ0v) is 12.1. The maximum Gasteiger partial charge on any atom is 0.272 e. The van der Waals surface area contributed by atoms with Gasteiger partial charge in [-0.15, -0.1) is 0 Å². The van der Waals surface area contributed by atoms with Gasteiger partial charge in [-0.05, 0) is 0 Å². The van der Waals surface area contributed by atoms with Crippen molar-refractivity contribution >= 4 is 22.8 Å². The standard InChI is InChI=1S/C12H16N6O5/c1-14-11(22)6-5-9(13)15-3-16-10(5)18(17-6)12-8(21)7(20)4(2-19)23-12/h3-4,7-8,12,19-21H,2H2,1H3,(H,14,22)(H2,13,15,16)/t4-,7-,8-,12-/m1/s1. The summed E-state index contributed by atoms with van der Waals surface area (Å²) in [5.74, 6) is -0.464. The van der Waals surface area contributed by atoms with Crippen LogP contribution in [0.5, 0.6) is 0 Å². The van der Waals surface area contributed by atoms with E-state index in [2.05, 4.69) is 20.4 Å². The minimum Gasteiger partial charge on any atom is -0.394 e. The molecule has 1 aliphatic rings. The number of nitrogens with one attached hydrogen (secondary N) is 1. The third-order valence-electron chi connectivity index (χ3n) is 3.72. The molecule has 0 aromatic carbocycles. The van der Waals surface area contributed by atoms with E-state index in [1.807, 2.05) is 0 Å². The van der Waals surface area contributed by atoms with Gasteiger partial charge in [-0.2, -0.15) is 5.10 Å². The van der Waals surface area contributed by atoms with E-state index < -0.39 is 37.1 Å². The molecule has 0 aliphatic carbocycles. The number of rotatable bonds is 3. The van der Waals surface area contributed by atoms with Gasteiger partial charge in [0.25, 0.3) is 5.91 Å². The highest BCUT2D eigenvalue weighted by molar-refractivity contribution is 6.07. The van der Waals surface area contributed by atoms with Crippen LogP contribution in [0.15, 0.2) is 6.33 Å². The van der Waals surface area contributed by atoms with Gasteiger partial charge in [0.2, 0.25) is 0 Å². The van der Waals surface area contributed by atoms with E-state index in [9.17, 15) is 20.1 Å². The quantitative estimate of drug-likeness (QED) is 0.405. The molecule has 124 valence electrons. The molecule has 3 rings (SSSR count). The predicted octanol–water partition coefficient (Wildman–Crippen LogP) is -2.62. The average molecular weight is 324 g/mol. The number of carbonyl (C=O) groups excluding carboxylic acids is 1. The second-order valence-electron chi connectivity index (χ2n) is 5.06. The Morgan fingerprint density at radius 3 is 2.78 bits per heavy atom. The smallest absolute Gasteiger partial charge is 0.272 e. The SMILES string of the molecule is CNC(=O)c1nn([C@@H]2O[C@H](CO)[C@@H](O)[C@H]2O)c2ncnc(N)c12. The number of aliphatic hydroxyl groups is 3. The molecule has 0 bridgehead atoms. The number of fused-ring (bicyclic) bond motifs is 1. The number of anilines is 1. The summed E-state index contributed by atoms with van der Waals surface area (Å²) in [6.07, 6.45) is -3.57. The number of carbonyl (C=O) groups is 1. The number of amides is 1. The number of nitrogens with two attached hydrogens (primary N) is 1. The van der Waals surface area contributed by atoms with E-state index in [1.165, 1.54) is 13.4 Å². The predicted molar refractivity (Wildman–Crippen MR) is 76.1 cm³/mol. The van der Waals surface area contributed by atoms with Crippen molar-refractivity contribution in [2.45, 2.75) is 24.5 Å². The van der Waals surface area contributed by atoms with Crippen LogP contribution in [0.4, 0.5) is 5.82 Å². The number of nitrogens with zero attached hydrogens (tertiary/aromatic N) is 4. The van der Waals surface area contributed by atoms with Crippen LogP contribution in [0.3, 0.4) is 0 Å². The van der Waals surface area contributed by atoms with Crippen molar-refractivity contribution in [1.29, 1.82) is 0 Å². The lowest BCUT2D eigenvalue weighted by atomic mass is 10.1. The van der Waals surface area contributed by atoms with Gasteiger partial charge < -0.3 is 31.1 Å². The highest BCUT2D eigenvalue weighted by Crippen LogP contribution is 2.32. The van der Waals surface area contributed by atoms with Gasteiger partial charge in [0.15, 0.2) is 17.6 Å². The molecule has 6 N–H and O–H groups in total. The van der Waals surface area contributed by atoms with Gasteiger partial charge in [-0.1, -0.05) is 0 Å². The fourth-order valence-electron chi connectivity index (χ4n) is 2.53. The highest BCUT2D eigenvalue weighted by atomic mass is 16.6. The molecule has 3 heterocycles. The summed E-state index contributed by atoms with van der Waals surface area (Å²) in [5, 5.41) is 35.9. The van der Waals surface area contributed by atoms with Crippen molar-refractivity contribution in [2.75, 3.05) is 19.4 Å². The molecular weight excluding hydrogens is 308 g/mol. The van der Waals surface area contributed by atoms with Crippen LogP contribution >= 0.6 is 0 Å². The molecule has 2 aromatic heterocycles. The van der Waals surface area contributed by atoms with Crippen LogP contribution in [0, 0.1) is 0 Å². The second-order valence-corrected chi connectivity index (χ2v) is 5.06. The first-order chi connectivity index (χ1) is 11.0. The number of aromatic nitrogens is 4. The van der Waals surface area contributed by atoms with Crippen LogP contribution in [-0.2, 0) is 4.74 Å². The van der Waals surface area contributed by atoms with Crippen LogP contribution in [0.2, 0.25) is 0 Å². The second kappa shape index (κ2) is 5.70. The Labute approximate surface area is 129 Å². The zero-order valence-electron chi connectivity index (χ0n) is 12.1. The van der Waals surface area contributed by atoms with E-state index in [-0.39, 0.29) is 22.5 Å². The van der Waals surface area contributed by atoms with Gasteiger partial charge in [0, 0.05) is 7.05 Å². The molecule has 11 heteroatoms. The molecule has 1 aliphatic heterocycles. The monoisotopic (exact) mass is 324 g/mol. The lowest BCUT2D eigenvalue weighted by molar-refractivity contribution is -0.0567. The summed E-state index contributed by atoms with van der Waals surface area (Å²) < 4.78 is 6.57. The largest absolute Gasteiger partial charge is 0.394 e. The molecule has 1 amide bonds. The van der Waals surface area contributed by atoms with Crippen LogP contribution < -0.4 is 11.1 Å².